The van der Waals surface area contributed by atoms with Gasteiger partial charge in [0.2, 0.25) is 0 Å². The molecule has 0 unspecified atom stereocenters. The van der Waals surface area contributed by atoms with Gasteiger partial charge in [0.05, 0.1) is 0 Å². The lowest BCUT2D eigenvalue weighted by molar-refractivity contribution is -0.111. The van der Waals surface area contributed by atoms with Crippen LogP contribution in [0.3, 0.4) is 0 Å². The lowest BCUT2D eigenvalue weighted by atomic mass is 10.1. The summed E-state index contributed by atoms with van der Waals surface area (Å²) in [6, 6.07) is 9.57. The lowest BCUT2D eigenvalue weighted by Gasteiger charge is -1.93. The molecule has 0 N–H and O–H groups in total. The molecule has 0 atom stereocenters. The van der Waals surface area contributed by atoms with Crippen LogP contribution in [0.5, 0.6) is 0 Å². The Morgan fingerprint density at radius 2 is 2.00 bits per heavy atom. The van der Waals surface area contributed by atoms with E-state index < -0.39 is 0 Å². The van der Waals surface area contributed by atoms with E-state index in [1.54, 1.807) is 0 Å². The molecule has 0 amide bonds. The van der Waals surface area contributed by atoms with E-state index >= 15 is 0 Å². The minimum atomic E-state index is -0.00815. The number of benzene rings is 1. The lowest BCUT2D eigenvalue weighted by Crippen LogP contribution is -2.01. The molecule has 56 valence electrons. The van der Waals surface area contributed by atoms with Gasteiger partial charge in [-0.1, -0.05) is 42.5 Å². The first kappa shape index (κ1) is 8.08. The molecule has 0 aromatic heterocycles. The van der Waals surface area contributed by atoms with Crippen LogP contribution in [0.15, 0.2) is 30.3 Å². The van der Waals surface area contributed by atoms with Crippen LogP contribution in [0, 0.1) is 0 Å². The number of thiocarbonyl (C=S) groups is 1. The third-order valence-corrected chi connectivity index (χ3v) is 1.62. The van der Waals surface area contributed by atoms with Crippen LogP contribution >= 0.6 is 12.2 Å². The van der Waals surface area contributed by atoms with Crippen molar-refractivity contribution >= 4 is 23.4 Å². The van der Waals surface area contributed by atoms with Gasteiger partial charge in [-0.3, -0.25) is 4.79 Å². The normalized spacial score (nSPS) is 9.09. The molecular weight excluding hydrogens is 156 g/mol. The predicted octanol–water partition coefficient (Wildman–Crippen LogP) is 1.80. The SMILES string of the molecule is O=C(C=S)Cc1ccccc1. The number of carbonyl (C=O) groups is 1. The van der Waals surface area contributed by atoms with Gasteiger partial charge in [0.25, 0.3) is 0 Å². The summed E-state index contributed by atoms with van der Waals surface area (Å²) in [4.78, 5) is 10.8. The van der Waals surface area contributed by atoms with E-state index in [0.29, 0.717) is 6.42 Å². The van der Waals surface area contributed by atoms with E-state index in [1.807, 2.05) is 30.3 Å². The molecule has 0 aliphatic carbocycles. The summed E-state index contributed by atoms with van der Waals surface area (Å²) in [5.41, 5.74) is 1.01. The number of ketones is 1. The minimum absolute atomic E-state index is 0.00815. The average Bonchev–Trinajstić information content (AvgIpc) is 2.06. The fraction of sp³-hybridized carbons (Fsp3) is 0.111. The van der Waals surface area contributed by atoms with Crippen LogP contribution in [-0.4, -0.2) is 11.2 Å². The van der Waals surface area contributed by atoms with Crippen molar-refractivity contribution in [3.05, 3.63) is 35.9 Å². The summed E-state index contributed by atoms with van der Waals surface area (Å²) < 4.78 is 0. The van der Waals surface area contributed by atoms with Crippen LogP contribution < -0.4 is 0 Å². The van der Waals surface area contributed by atoms with Crippen LogP contribution in [0.4, 0.5) is 0 Å². The summed E-state index contributed by atoms with van der Waals surface area (Å²) in [6.45, 7) is 0. The van der Waals surface area contributed by atoms with Gasteiger partial charge in [0, 0.05) is 11.8 Å². The second-order valence-corrected chi connectivity index (χ2v) is 2.48. The number of Topliss-reactive ketones (excluding diaryl/α,β-unsaturated/α-hetero) is 1. The number of rotatable bonds is 3. The molecule has 0 heterocycles. The molecule has 1 nitrogen and oxygen atoms in total. The fourth-order valence-electron chi connectivity index (χ4n) is 0.839. The van der Waals surface area contributed by atoms with Crippen LogP contribution in [0.25, 0.3) is 0 Å². The first-order valence-corrected chi connectivity index (χ1v) is 3.82. The van der Waals surface area contributed by atoms with Crippen LogP contribution in [0.2, 0.25) is 0 Å². The van der Waals surface area contributed by atoms with E-state index in [4.69, 9.17) is 0 Å². The van der Waals surface area contributed by atoms with Gasteiger partial charge >= 0.3 is 0 Å². The van der Waals surface area contributed by atoms with Gasteiger partial charge in [-0.2, -0.15) is 0 Å². The largest absolute Gasteiger partial charge is 0.294 e. The van der Waals surface area contributed by atoms with Crippen molar-refractivity contribution in [3.63, 3.8) is 0 Å². The van der Waals surface area contributed by atoms with E-state index in [2.05, 4.69) is 12.2 Å². The standard InChI is InChI=1S/C9H8OS/c10-9(7-11)6-8-4-2-1-3-5-8/h1-5,7H,6H2. The van der Waals surface area contributed by atoms with E-state index in [1.165, 1.54) is 5.37 Å². The smallest absolute Gasteiger partial charge is 0.170 e. The summed E-state index contributed by atoms with van der Waals surface area (Å²) in [7, 11) is 0. The van der Waals surface area contributed by atoms with Crippen molar-refractivity contribution in [2.75, 3.05) is 0 Å². The Morgan fingerprint density at radius 3 is 2.55 bits per heavy atom. The maximum atomic E-state index is 10.8. The maximum Gasteiger partial charge on any atom is 0.170 e. The van der Waals surface area contributed by atoms with Gasteiger partial charge in [-0.15, -0.1) is 0 Å². The van der Waals surface area contributed by atoms with Crippen molar-refractivity contribution in [2.24, 2.45) is 0 Å². The third-order valence-electron chi connectivity index (χ3n) is 1.35. The van der Waals surface area contributed by atoms with Crippen molar-refractivity contribution in [2.45, 2.75) is 6.42 Å². The molecule has 0 saturated heterocycles. The Kier molecular flexibility index (Phi) is 2.93. The summed E-state index contributed by atoms with van der Waals surface area (Å²) in [5, 5.41) is 1.19. The number of carbonyl (C=O) groups excluding carboxylic acids is 1. The van der Waals surface area contributed by atoms with Gasteiger partial charge < -0.3 is 0 Å². The highest BCUT2D eigenvalue weighted by molar-refractivity contribution is 7.80. The monoisotopic (exact) mass is 164 g/mol. The van der Waals surface area contributed by atoms with E-state index in [-0.39, 0.29) is 5.78 Å². The summed E-state index contributed by atoms with van der Waals surface area (Å²) >= 11 is 4.50. The highest BCUT2D eigenvalue weighted by Crippen LogP contribution is 1.98. The third kappa shape index (κ3) is 2.60. The highest BCUT2D eigenvalue weighted by Gasteiger charge is 1.96. The molecule has 1 aromatic carbocycles. The molecule has 0 aliphatic heterocycles. The van der Waals surface area contributed by atoms with Crippen molar-refractivity contribution < 1.29 is 4.79 Å². The van der Waals surface area contributed by atoms with E-state index in [0.717, 1.165) is 5.56 Å². The topological polar surface area (TPSA) is 17.1 Å². The quantitative estimate of drug-likeness (QED) is 0.634. The van der Waals surface area contributed by atoms with Crippen molar-refractivity contribution in [1.82, 2.24) is 0 Å². The predicted molar refractivity (Wildman–Crippen MR) is 48.8 cm³/mol. The van der Waals surface area contributed by atoms with Gasteiger partial charge in [0.15, 0.2) is 5.78 Å². The Bertz CT molecular complexity index is 254. The van der Waals surface area contributed by atoms with Crippen molar-refractivity contribution in [1.29, 1.82) is 0 Å². The molecule has 0 radical (unpaired) electrons. The Hall–Kier alpha value is -1.02. The van der Waals surface area contributed by atoms with E-state index in [9.17, 15) is 4.79 Å². The Labute approximate surface area is 71.0 Å². The maximum absolute atomic E-state index is 10.8. The first-order chi connectivity index (χ1) is 5.33. The number of hydrogen-bond donors (Lipinski definition) is 0. The molecule has 0 spiro atoms. The Balaban J connectivity index is 2.65. The zero-order valence-corrected chi connectivity index (χ0v) is 6.80. The minimum Gasteiger partial charge on any atom is -0.294 e. The number of hydrogen-bond acceptors (Lipinski definition) is 2. The molecular formula is C9H8OS. The second-order valence-electron chi connectivity index (χ2n) is 2.25. The van der Waals surface area contributed by atoms with Crippen LogP contribution in [-0.2, 0) is 11.2 Å². The second kappa shape index (κ2) is 3.98. The van der Waals surface area contributed by atoms with Gasteiger partial charge in [-0.25, -0.2) is 0 Å². The molecule has 0 aliphatic rings. The molecule has 11 heavy (non-hydrogen) atoms. The molecule has 0 bridgehead atoms. The zero-order valence-electron chi connectivity index (χ0n) is 5.99. The molecule has 1 rings (SSSR count). The van der Waals surface area contributed by atoms with Gasteiger partial charge in [0.1, 0.15) is 0 Å². The van der Waals surface area contributed by atoms with Gasteiger partial charge in [-0.05, 0) is 5.56 Å². The molecule has 0 fully saturated rings. The molecule has 2 heteroatoms. The zero-order chi connectivity index (χ0) is 8.10. The first-order valence-electron chi connectivity index (χ1n) is 3.35. The molecule has 1 aromatic rings. The fourth-order valence-corrected chi connectivity index (χ4v) is 0.922. The van der Waals surface area contributed by atoms with Crippen LogP contribution in [0.1, 0.15) is 5.56 Å². The molecule has 0 saturated carbocycles. The highest BCUT2D eigenvalue weighted by atomic mass is 32.1. The summed E-state index contributed by atoms with van der Waals surface area (Å²) in [6.07, 6.45) is 0.421. The van der Waals surface area contributed by atoms with Crippen molar-refractivity contribution in [3.8, 4) is 0 Å². The summed E-state index contributed by atoms with van der Waals surface area (Å²) in [5.74, 6) is -0.00815. The average molecular weight is 164 g/mol. The Morgan fingerprint density at radius 1 is 1.36 bits per heavy atom.